The number of benzene rings is 3. The molecule has 4 fully saturated rings. The van der Waals surface area contributed by atoms with E-state index in [0.29, 0.717) is 84.6 Å². The third-order valence-corrected chi connectivity index (χ3v) is 13.1. The van der Waals surface area contributed by atoms with E-state index in [-0.39, 0.29) is 35.6 Å². The lowest BCUT2D eigenvalue weighted by molar-refractivity contribution is -0.141. The fourth-order valence-corrected chi connectivity index (χ4v) is 9.58. The monoisotopic (exact) mass is 863 g/mol. The van der Waals surface area contributed by atoms with Gasteiger partial charge in [-0.1, -0.05) is 48.5 Å². The van der Waals surface area contributed by atoms with E-state index >= 15 is 0 Å². The zero-order chi connectivity index (χ0) is 43.9. The number of hydrogen-bond acceptors (Lipinski definition) is 10. The molecule has 4 saturated heterocycles. The van der Waals surface area contributed by atoms with Gasteiger partial charge in [0.1, 0.15) is 23.9 Å². The van der Waals surface area contributed by atoms with Crippen molar-refractivity contribution in [1.29, 1.82) is 0 Å². The van der Waals surface area contributed by atoms with Gasteiger partial charge in [0, 0.05) is 51.6 Å². The first-order chi connectivity index (χ1) is 30.7. The molecule has 5 amide bonds. The first kappa shape index (κ1) is 43.6. The summed E-state index contributed by atoms with van der Waals surface area (Å²) in [7, 11) is 2.58. The Kier molecular flexibility index (Phi) is 13.9. The third kappa shape index (κ3) is 9.97. The summed E-state index contributed by atoms with van der Waals surface area (Å²) >= 11 is 0. The Hall–Kier alpha value is -6.00. The van der Waals surface area contributed by atoms with Crippen LogP contribution in [-0.4, -0.2) is 122 Å². The Morgan fingerprint density at radius 3 is 1.86 bits per heavy atom. The molecule has 4 aliphatic rings. The van der Waals surface area contributed by atoms with Gasteiger partial charge in [0.05, 0.1) is 32.2 Å². The molecular formula is C47H57N7O9. The predicted octanol–water partition coefficient (Wildman–Crippen LogP) is 5.47. The number of nitrogens with zero attached hydrogens (tertiary/aromatic N) is 3. The number of alkyl carbamates (subject to hydrolysis) is 2. The van der Waals surface area contributed by atoms with Crippen LogP contribution in [0.15, 0.2) is 66.9 Å². The van der Waals surface area contributed by atoms with Gasteiger partial charge in [0.15, 0.2) is 0 Å². The number of rotatable bonds is 12. The van der Waals surface area contributed by atoms with E-state index in [4.69, 9.17) is 23.9 Å². The molecule has 4 N–H and O–H groups in total. The summed E-state index contributed by atoms with van der Waals surface area (Å²) in [6.45, 7) is 3.49. The number of H-pyrrole nitrogens is 1. The molecule has 5 heterocycles. The summed E-state index contributed by atoms with van der Waals surface area (Å²) in [5.74, 6) is -0.00602. The van der Waals surface area contributed by atoms with Crippen LogP contribution in [0.3, 0.4) is 0 Å². The number of carbonyl (C=O) groups is 5. The molecule has 0 saturated carbocycles. The Labute approximate surface area is 366 Å². The second-order valence-electron chi connectivity index (χ2n) is 16.9. The zero-order valence-electron chi connectivity index (χ0n) is 35.9. The molecule has 0 aliphatic carbocycles. The molecule has 1 aromatic heterocycles. The Balaban J connectivity index is 0.886. The van der Waals surface area contributed by atoms with Gasteiger partial charge in [0.2, 0.25) is 17.7 Å². The van der Waals surface area contributed by atoms with Crippen molar-refractivity contribution >= 4 is 40.7 Å². The van der Waals surface area contributed by atoms with Crippen molar-refractivity contribution in [2.24, 2.45) is 11.8 Å². The van der Waals surface area contributed by atoms with Crippen molar-refractivity contribution in [1.82, 2.24) is 35.7 Å². The highest BCUT2D eigenvalue weighted by molar-refractivity contribution is 5.93. The van der Waals surface area contributed by atoms with Gasteiger partial charge in [-0.05, 0) is 103 Å². The number of aromatic nitrogens is 2. The lowest BCUT2D eigenvalue weighted by Crippen LogP contribution is -2.56. The summed E-state index contributed by atoms with van der Waals surface area (Å²) < 4.78 is 20.7. The predicted molar refractivity (Wildman–Crippen MR) is 233 cm³/mol. The third-order valence-electron chi connectivity index (χ3n) is 13.1. The Morgan fingerprint density at radius 1 is 0.698 bits per heavy atom. The van der Waals surface area contributed by atoms with Gasteiger partial charge >= 0.3 is 12.2 Å². The number of fused-ring (bicyclic) bond motifs is 1. The topological polar surface area (TPSA) is 194 Å². The standard InChI is InChI=1S/C47H57N7O9/c1-60-46(58)51-40(31-15-21-62-22-16-31)44(56)53-19-3-5-38(53)42-48-28-37(50-42)36-14-13-34-25-33(11-12-35(34)26-36)30-9-7-29(8-10-30)27-49-43(55)39-6-4-20-54(39)45(57)41(52-47(59)61-2)32-17-23-63-24-18-32/h7-14,25-26,28,31-32,38-41H,3-6,15-24,27H2,1-2H3,(H,48,50)(H,49,55)(H,51,58)(H,52,59)/t38-,39-,40-,41-/m0/s1. The molecule has 4 aliphatic heterocycles. The molecule has 4 atom stereocenters. The SMILES string of the molecule is COC(=O)N[C@H](C(=O)N1CCC[C@H]1C(=O)NCc1ccc(-c2ccc3cc(-c4cnc([C@@H]5CCCN5C(=O)[C@@H](NC(=O)OC)C5CCOCC5)[nH]4)ccc3c2)cc1)C1CCOCC1. The highest BCUT2D eigenvalue weighted by atomic mass is 16.5. The first-order valence-corrected chi connectivity index (χ1v) is 22.1. The van der Waals surface area contributed by atoms with E-state index in [9.17, 15) is 24.0 Å². The second-order valence-corrected chi connectivity index (χ2v) is 16.9. The molecule has 0 unspecified atom stereocenters. The van der Waals surface area contributed by atoms with Crippen LogP contribution in [-0.2, 0) is 39.9 Å². The molecule has 63 heavy (non-hydrogen) atoms. The van der Waals surface area contributed by atoms with Crippen LogP contribution in [0.4, 0.5) is 9.59 Å². The number of hydrogen-bond donors (Lipinski definition) is 4. The minimum Gasteiger partial charge on any atom is -0.453 e. The highest BCUT2D eigenvalue weighted by Gasteiger charge is 2.42. The van der Waals surface area contributed by atoms with Crippen molar-refractivity contribution in [2.75, 3.05) is 53.7 Å². The van der Waals surface area contributed by atoms with Gasteiger partial charge in [-0.3, -0.25) is 14.4 Å². The lowest BCUT2D eigenvalue weighted by atomic mass is 9.90. The first-order valence-electron chi connectivity index (χ1n) is 22.1. The fraction of sp³-hybridized carbons (Fsp3) is 0.489. The van der Waals surface area contributed by atoms with Crippen LogP contribution in [0, 0.1) is 11.8 Å². The summed E-state index contributed by atoms with van der Waals surface area (Å²) in [6, 6.07) is 18.4. The summed E-state index contributed by atoms with van der Waals surface area (Å²) in [5.41, 5.74) is 4.86. The molecule has 3 aromatic carbocycles. The molecule has 0 spiro atoms. The second kappa shape index (κ2) is 20.0. The van der Waals surface area contributed by atoms with Gasteiger partial charge in [-0.25, -0.2) is 14.6 Å². The maximum Gasteiger partial charge on any atom is 0.407 e. The number of carbonyl (C=O) groups excluding carboxylic acids is 5. The molecule has 0 bridgehead atoms. The van der Waals surface area contributed by atoms with Crippen LogP contribution in [0.25, 0.3) is 33.2 Å². The van der Waals surface area contributed by atoms with Gasteiger partial charge in [-0.15, -0.1) is 0 Å². The van der Waals surface area contributed by atoms with Crippen LogP contribution < -0.4 is 16.0 Å². The molecular weight excluding hydrogens is 807 g/mol. The van der Waals surface area contributed by atoms with Crippen molar-refractivity contribution in [3.8, 4) is 22.4 Å². The fourth-order valence-electron chi connectivity index (χ4n) is 9.58. The molecule has 0 radical (unpaired) electrons. The number of aromatic amines is 1. The van der Waals surface area contributed by atoms with E-state index < -0.39 is 30.3 Å². The summed E-state index contributed by atoms with van der Waals surface area (Å²) in [5, 5.41) is 10.7. The largest absolute Gasteiger partial charge is 0.453 e. The minimum atomic E-state index is -0.779. The Morgan fingerprint density at radius 2 is 1.24 bits per heavy atom. The van der Waals surface area contributed by atoms with Crippen molar-refractivity contribution in [3.63, 3.8) is 0 Å². The number of amides is 5. The molecule has 16 nitrogen and oxygen atoms in total. The van der Waals surface area contributed by atoms with Crippen LogP contribution in [0.1, 0.15) is 68.8 Å². The number of imidazole rings is 1. The van der Waals surface area contributed by atoms with E-state index in [1.807, 2.05) is 35.4 Å². The Bertz CT molecular complexity index is 2270. The molecule has 334 valence electrons. The lowest BCUT2D eigenvalue weighted by Gasteiger charge is -2.34. The molecule has 16 heteroatoms. The van der Waals surface area contributed by atoms with E-state index in [1.54, 1.807) is 4.90 Å². The average Bonchev–Trinajstić information content (AvgIpc) is 4.14. The highest BCUT2D eigenvalue weighted by Crippen LogP contribution is 2.35. The number of nitrogens with one attached hydrogen (secondary N) is 4. The summed E-state index contributed by atoms with van der Waals surface area (Å²) in [6.07, 6.45) is 6.05. The average molecular weight is 864 g/mol. The van der Waals surface area contributed by atoms with Gasteiger partial charge < -0.3 is 49.7 Å². The van der Waals surface area contributed by atoms with Gasteiger partial charge in [-0.2, -0.15) is 0 Å². The normalized spacial score (nSPS) is 20.5. The van der Waals surface area contributed by atoms with Crippen molar-refractivity contribution < 1.29 is 42.9 Å². The maximum absolute atomic E-state index is 14.0. The van der Waals surface area contributed by atoms with E-state index in [1.165, 1.54) is 14.2 Å². The van der Waals surface area contributed by atoms with Crippen LogP contribution >= 0.6 is 0 Å². The van der Waals surface area contributed by atoms with Crippen molar-refractivity contribution in [2.45, 2.75) is 82.1 Å². The number of ether oxygens (including phenoxy) is 4. The van der Waals surface area contributed by atoms with E-state index in [0.717, 1.165) is 57.4 Å². The summed E-state index contributed by atoms with van der Waals surface area (Å²) in [4.78, 5) is 77.4. The van der Waals surface area contributed by atoms with Crippen LogP contribution in [0.5, 0.6) is 0 Å². The minimum absolute atomic E-state index is 0.0349. The maximum atomic E-state index is 14.0. The number of likely N-dealkylation sites (tertiary alicyclic amines) is 2. The molecule has 8 rings (SSSR count). The molecule has 4 aromatic rings. The van der Waals surface area contributed by atoms with Crippen molar-refractivity contribution in [3.05, 3.63) is 78.2 Å². The number of methoxy groups -OCH3 is 2. The quantitative estimate of drug-likeness (QED) is 0.142. The smallest absolute Gasteiger partial charge is 0.407 e. The zero-order valence-corrected chi connectivity index (χ0v) is 35.9. The van der Waals surface area contributed by atoms with Gasteiger partial charge in [0.25, 0.3) is 0 Å². The van der Waals surface area contributed by atoms with E-state index in [2.05, 4.69) is 57.3 Å². The van der Waals surface area contributed by atoms with Crippen LogP contribution in [0.2, 0.25) is 0 Å².